The number of anilines is 1. The van der Waals surface area contributed by atoms with Crippen molar-refractivity contribution in [3.05, 3.63) is 48.0 Å². The highest BCUT2D eigenvalue weighted by molar-refractivity contribution is 5.96. The molecule has 0 saturated carbocycles. The molecule has 1 N–H and O–H groups in total. The fourth-order valence-corrected chi connectivity index (χ4v) is 2.43. The molecule has 0 fully saturated rings. The molecule has 0 aromatic heterocycles. The summed E-state index contributed by atoms with van der Waals surface area (Å²) in [7, 11) is 0. The lowest BCUT2D eigenvalue weighted by molar-refractivity contribution is 0.0986. The minimum Gasteiger partial charge on any atom is -0.494 e. The van der Waals surface area contributed by atoms with E-state index in [0.29, 0.717) is 25.1 Å². The Morgan fingerprint density at radius 1 is 1.12 bits per heavy atom. The number of benzene rings is 2. The van der Waals surface area contributed by atoms with Gasteiger partial charge in [0.2, 0.25) is 6.79 Å². The van der Waals surface area contributed by atoms with Gasteiger partial charge in [0.1, 0.15) is 5.75 Å². The Morgan fingerprint density at radius 2 is 1.92 bits per heavy atom. The lowest BCUT2D eigenvalue weighted by atomic mass is 10.1. The highest BCUT2D eigenvalue weighted by Gasteiger charge is 2.13. The third-order valence-electron chi connectivity index (χ3n) is 3.70. The van der Waals surface area contributed by atoms with Crippen LogP contribution in [0.5, 0.6) is 17.2 Å². The van der Waals surface area contributed by atoms with Crippen LogP contribution < -0.4 is 19.5 Å². The molecule has 0 radical (unpaired) electrons. The summed E-state index contributed by atoms with van der Waals surface area (Å²) >= 11 is 0. The first-order chi connectivity index (χ1) is 11.8. The number of ether oxygens (including phenoxy) is 3. The molecule has 0 saturated heterocycles. The predicted molar refractivity (Wildman–Crippen MR) is 92.2 cm³/mol. The fraction of sp³-hybridized carbons (Fsp3) is 0.316. The van der Waals surface area contributed by atoms with Crippen LogP contribution in [0, 0.1) is 0 Å². The predicted octanol–water partition coefficient (Wildman–Crippen LogP) is 3.89. The van der Waals surface area contributed by atoms with E-state index in [4.69, 9.17) is 14.2 Å². The van der Waals surface area contributed by atoms with E-state index in [1.807, 2.05) is 42.5 Å². The van der Waals surface area contributed by atoms with Gasteiger partial charge in [-0.05, 0) is 42.8 Å². The molecule has 2 aromatic rings. The third-order valence-corrected chi connectivity index (χ3v) is 3.70. The molecule has 24 heavy (non-hydrogen) atoms. The van der Waals surface area contributed by atoms with Gasteiger partial charge in [-0.1, -0.05) is 6.92 Å². The molecular formula is C19H21NO4. The molecule has 1 aliphatic heterocycles. The van der Waals surface area contributed by atoms with Crippen molar-refractivity contribution >= 4 is 11.5 Å². The van der Waals surface area contributed by atoms with Crippen LogP contribution in [0.15, 0.2) is 42.5 Å². The molecule has 0 aliphatic carbocycles. The Bertz CT molecular complexity index is 697. The zero-order valence-corrected chi connectivity index (χ0v) is 13.7. The summed E-state index contributed by atoms with van der Waals surface area (Å²) < 4.78 is 16.1. The van der Waals surface area contributed by atoms with Crippen LogP contribution in [-0.2, 0) is 0 Å². The zero-order valence-electron chi connectivity index (χ0n) is 13.7. The molecule has 5 nitrogen and oxygen atoms in total. The van der Waals surface area contributed by atoms with Gasteiger partial charge in [-0.2, -0.15) is 0 Å². The summed E-state index contributed by atoms with van der Waals surface area (Å²) in [5.41, 5.74) is 1.61. The quantitative estimate of drug-likeness (QED) is 0.746. The molecule has 0 atom stereocenters. The summed E-state index contributed by atoms with van der Waals surface area (Å²) in [5, 5.41) is 3.23. The van der Waals surface area contributed by atoms with Crippen LogP contribution >= 0.6 is 0 Å². The van der Waals surface area contributed by atoms with Crippen molar-refractivity contribution in [2.24, 2.45) is 0 Å². The number of fused-ring (bicyclic) bond motifs is 1. The summed E-state index contributed by atoms with van der Waals surface area (Å²) in [5.74, 6) is 2.38. The van der Waals surface area contributed by atoms with E-state index < -0.39 is 0 Å². The normalized spacial score (nSPS) is 12.0. The lowest BCUT2D eigenvalue weighted by Gasteiger charge is -2.08. The average Bonchev–Trinajstić information content (AvgIpc) is 3.08. The second kappa shape index (κ2) is 7.73. The second-order valence-electron chi connectivity index (χ2n) is 5.54. The minimum absolute atomic E-state index is 0.102. The molecule has 3 rings (SSSR count). The van der Waals surface area contributed by atoms with Gasteiger partial charge in [0, 0.05) is 30.3 Å². The van der Waals surface area contributed by atoms with Crippen molar-refractivity contribution in [1.29, 1.82) is 0 Å². The van der Waals surface area contributed by atoms with Crippen molar-refractivity contribution in [3.8, 4) is 17.2 Å². The zero-order chi connectivity index (χ0) is 16.8. The topological polar surface area (TPSA) is 56.8 Å². The number of carbonyl (C=O) groups is 1. The van der Waals surface area contributed by atoms with Crippen LogP contribution in [0.4, 0.5) is 5.69 Å². The number of hydrogen-bond donors (Lipinski definition) is 1. The average molecular weight is 327 g/mol. The van der Waals surface area contributed by atoms with E-state index in [1.165, 1.54) is 0 Å². The summed E-state index contributed by atoms with van der Waals surface area (Å²) in [6, 6.07) is 13.0. The fourth-order valence-electron chi connectivity index (χ4n) is 2.43. The molecule has 0 unspecified atom stereocenters. The van der Waals surface area contributed by atoms with Crippen molar-refractivity contribution in [2.45, 2.75) is 19.8 Å². The van der Waals surface area contributed by atoms with E-state index >= 15 is 0 Å². The SMILES string of the molecule is CCCOc1ccc(C(=O)CCNc2ccc3c(c2)OCO3)cc1. The number of Topliss-reactive ketones (excluding diaryl/α,β-unsaturated/α-hetero) is 1. The van der Waals surface area contributed by atoms with Gasteiger partial charge < -0.3 is 19.5 Å². The number of nitrogens with one attached hydrogen (secondary N) is 1. The Morgan fingerprint density at radius 3 is 2.71 bits per heavy atom. The molecular weight excluding hydrogens is 306 g/mol. The minimum atomic E-state index is 0.102. The van der Waals surface area contributed by atoms with Crippen LogP contribution in [0.3, 0.4) is 0 Å². The first kappa shape index (κ1) is 16.2. The third kappa shape index (κ3) is 3.98. The highest BCUT2D eigenvalue weighted by Crippen LogP contribution is 2.34. The Labute approximate surface area is 141 Å². The van der Waals surface area contributed by atoms with Gasteiger partial charge in [0.05, 0.1) is 6.61 Å². The maximum absolute atomic E-state index is 12.2. The Kier molecular flexibility index (Phi) is 5.21. The molecule has 0 spiro atoms. The molecule has 0 bridgehead atoms. The van der Waals surface area contributed by atoms with Crippen molar-refractivity contribution < 1.29 is 19.0 Å². The van der Waals surface area contributed by atoms with Gasteiger partial charge in [-0.25, -0.2) is 0 Å². The lowest BCUT2D eigenvalue weighted by Crippen LogP contribution is -2.09. The maximum Gasteiger partial charge on any atom is 0.231 e. The molecule has 5 heteroatoms. The van der Waals surface area contributed by atoms with Crippen molar-refractivity contribution in [3.63, 3.8) is 0 Å². The number of carbonyl (C=O) groups excluding carboxylic acids is 1. The second-order valence-corrected chi connectivity index (χ2v) is 5.54. The Hall–Kier alpha value is -2.69. The number of rotatable bonds is 8. The van der Waals surface area contributed by atoms with Gasteiger partial charge in [0.15, 0.2) is 17.3 Å². The molecule has 0 amide bonds. The van der Waals surface area contributed by atoms with Gasteiger partial charge in [0.25, 0.3) is 0 Å². The molecule has 1 heterocycles. The standard InChI is InChI=1S/C19H21NO4/c1-2-11-22-16-6-3-14(4-7-16)17(21)9-10-20-15-5-8-18-19(12-15)24-13-23-18/h3-8,12,20H,2,9-11,13H2,1H3. The van der Waals surface area contributed by atoms with Crippen molar-refractivity contribution in [1.82, 2.24) is 0 Å². The highest BCUT2D eigenvalue weighted by atomic mass is 16.7. The summed E-state index contributed by atoms with van der Waals surface area (Å²) in [6.07, 6.45) is 1.38. The van der Waals surface area contributed by atoms with Crippen LogP contribution in [0.25, 0.3) is 0 Å². The monoisotopic (exact) mass is 327 g/mol. The van der Waals surface area contributed by atoms with Gasteiger partial charge in [-0.15, -0.1) is 0 Å². The van der Waals surface area contributed by atoms with Crippen LogP contribution in [-0.4, -0.2) is 25.7 Å². The van der Waals surface area contributed by atoms with E-state index in [0.717, 1.165) is 29.4 Å². The first-order valence-electron chi connectivity index (χ1n) is 8.16. The molecule has 1 aliphatic rings. The van der Waals surface area contributed by atoms with Gasteiger partial charge >= 0.3 is 0 Å². The first-order valence-corrected chi connectivity index (χ1v) is 8.16. The number of hydrogen-bond acceptors (Lipinski definition) is 5. The smallest absolute Gasteiger partial charge is 0.231 e. The van der Waals surface area contributed by atoms with E-state index in [2.05, 4.69) is 12.2 Å². The summed E-state index contributed by atoms with van der Waals surface area (Å²) in [6.45, 7) is 3.57. The maximum atomic E-state index is 12.2. The largest absolute Gasteiger partial charge is 0.494 e. The van der Waals surface area contributed by atoms with Crippen LogP contribution in [0.2, 0.25) is 0 Å². The van der Waals surface area contributed by atoms with Crippen molar-refractivity contribution in [2.75, 3.05) is 25.3 Å². The van der Waals surface area contributed by atoms with E-state index in [9.17, 15) is 4.79 Å². The molecule has 2 aromatic carbocycles. The summed E-state index contributed by atoms with van der Waals surface area (Å²) in [4.78, 5) is 12.2. The van der Waals surface area contributed by atoms with E-state index in [1.54, 1.807) is 0 Å². The van der Waals surface area contributed by atoms with E-state index in [-0.39, 0.29) is 12.6 Å². The molecule has 126 valence electrons. The Balaban J connectivity index is 1.48. The van der Waals surface area contributed by atoms with Crippen LogP contribution in [0.1, 0.15) is 30.1 Å². The number of ketones is 1. The van der Waals surface area contributed by atoms with Gasteiger partial charge in [-0.3, -0.25) is 4.79 Å².